The monoisotopic (exact) mass is 310 g/mol. The second kappa shape index (κ2) is 3.16. The summed E-state index contributed by atoms with van der Waals surface area (Å²) in [6, 6.07) is 3.69. The predicted octanol–water partition coefficient (Wildman–Crippen LogP) is 3.93. The van der Waals surface area contributed by atoms with Crippen LogP contribution in [0.2, 0.25) is 0 Å². The number of hydrogen-bond donors (Lipinski definition) is 1. The summed E-state index contributed by atoms with van der Waals surface area (Å²) in [5, 5.41) is 2.58. The molecule has 0 nitrogen and oxygen atoms in total. The highest BCUT2D eigenvalue weighted by Crippen LogP contribution is 2.31. The van der Waals surface area contributed by atoms with E-state index in [2.05, 4.69) is 12.6 Å². The van der Waals surface area contributed by atoms with Crippen LogP contribution in [0.4, 0.5) is 4.39 Å². The van der Waals surface area contributed by atoms with Crippen molar-refractivity contribution < 1.29 is 4.39 Å². The van der Waals surface area contributed by atoms with E-state index in [1.807, 2.05) is 34.0 Å². The number of thiol groups is 1. The first kappa shape index (κ1) is 8.77. The van der Waals surface area contributed by atoms with Gasteiger partial charge in [-0.2, -0.15) is 0 Å². The van der Waals surface area contributed by atoms with Crippen LogP contribution in [0.15, 0.2) is 22.4 Å². The summed E-state index contributed by atoms with van der Waals surface area (Å²) in [5.74, 6) is -0.153. The average Bonchev–Trinajstić information content (AvgIpc) is 2.48. The van der Waals surface area contributed by atoms with Crippen molar-refractivity contribution in [2.75, 3.05) is 0 Å². The number of thiophene rings is 1. The highest BCUT2D eigenvalue weighted by molar-refractivity contribution is 14.1. The van der Waals surface area contributed by atoms with Gasteiger partial charge in [0, 0.05) is 15.0 Å². The van der Waals surface area contributed by atoms with Gasteiger partial charge >= 0.3 is 0 Å². The molecule has 2 aromatic rings. The molecule has 0 saturated carbocycles. The van der Waals surface area contributed by atoms with Crippen molar-refractivity contribution in [3.63, 3.8) is 0 Å². The van der Waals surface area contributed by atoms with Gasteiger partial charge in [0.1, 0.15) is 5.82 Å². The zero-order valence-corrected chi connectivity index (χ0v) is 9.71. The average molecular weight is 310 g/mol. The Morgan fingerprint density at radius 3 is 3.00 bits per heavy atom. The van der Waals surface area contributed by atoms with E-state index in [9.17, 15) is 4.39 Å². The Hall–Kier alpha value is 0.190. The molecule has 0 aliphatic heterocycles. The van der Waals surface area contributed by atoms with Gasteiger partial charge in [0.2, 0.25) is 0 Å². The van der Waals surface area contributed by atoms with Gasteiger partial charge in [-0.05, 0) is 40.1 Å². The molecule has 0 radical (unpaired) electrons. The predicted molar refractivity (Wildman–Crippen MR) is 61.8 cm³/mol. The van der Waals surface area contributed by atoms with Crippen LogP contribution in [-0.4, -0.2) is 0 Å². The highest BCUT2D eigenvalue weighted by Gasteiger charge is 2.09. The molecule has 2 rings (SSSR count). The molecule has 0 amide bonds. The lowest BCUT2D eigenvalue weighted by Gasteiger charge is -1.99. The Kier molecular flexibility index (Phi) is 2.31. The Bertz CT molecular complexity index is 436. The van der Waals surface area contributed by atoms with Crippen molar-refractivity contribution in [2.24, 2.45) is 0 Å². The molecule has 0 spiro atoms. The fourth-order valence-electron chi connectivity index (χ4n) is 1.03. The number of halogens is 2. The molecular weight excluding hydrogens is 306 g/mol. The third kappa shape index (κ3) is 1.25. The van der Waals surface area contributed by atoms with Crippen molar-refractivity contribution in [2.45, 2.75) is 4.90 Å². The molecule has 1 aromatic carbocycles. The van der Waals surface area contributed by atoms with Crippen molar-refractivity contribution in [1.29, 1.82) is 0 Å². The lowest BCUT2D eigenvalue weighted by Crippen LogP contribution is -1.83. The van der Waals surface area contributed by atoms with Crippen LogP contribution < -0.4 is 0 Å². The fraction of sp³-hybridized carbons (Fsp3) is 0. The van der Waals surface area contributed by atoms with E-state index < -0.39 is 0 Å². The van der Waals surface area contributed by atoms with Gasteiger partial charge < -0.3 is 0 Å². The van der Waals surface area contributed by atoms with Crippen LogP contribution in [0.25, 0.3) is 10.1 Å². The maximum absolute atomic E-state index is 13.4. The third-order valence-electron chi connectivity index (χ3n) is 1.62. The van der Waals surface area contributed by atoms with E-state index in [1.54, 1.807) is 6.07 Å². The highest BCUT2D eigenvalue weighted by atomic mass is 127. The SMILES string of the molecule is Fc1c(I)c(S)cc2sccc12. The molecule has 0 N–H and O–H groups in total. The summed E-state index contributed by atoms with van der Waals surface area (Å²) in [6.45, 7) is 0. The van der Waals surface area contributed by atoms with E-state index >= 15 is 0 Å². The molecule has 0 aliphatic rings. The lowest BCUT2D eigenvalue weighted by molar-refractivity contribution is 0.628. The van der Waals surface area contributed by atoms with Gasteiger partial charge in [-0.3, -0.25) is 0 Å². The normalized spacial score (nSPS) is 10.9. The second-order valence-corrected chi connectivity index (χ2v) is 4.86. The standard InChI is InChI=1S/C8H4FIS2/c9-7-4-1-2-12-6(4)3-5(11)8(7)10/h1-3,11H. The smallest absolute Gasteiger partial charge is 0.146 e. The van der Waals surface area contributed by atoms with Gasteiger partial charge in [-0.15, -0.1) is 24.0 Å². The van der Waals surface area contributed by atoms with E-state index in [1.165, 1.54) is 11.3 Å². The van der Waals surface area contributed by atoms with Crippen LogP contribution in [0, 0.1) is 9.39 Å². The summed E-state index contributed by atoms with van der Waals surface area (Å²) < 4.78 is 15.0. The minimum Gasteiger partial charge on any atom is -0.205 e. The molecule has 0 atom stereocenters. The first-order valence-electron chi connectivity index (χ1n) is 3.24. The molecule has 0 fully saturated rings. The number of hydrogen-bond acceptors (Lipinski definition) is 2. The van der Waals surface area contributed by atoms with Crippen LogP contribution >= 0.6 is 46.6 Å². The fourth-order valence-corrected chi connectivity index (χ4v) is 2.61. The van der Waals surface area contributed by atoms with Crippen LogP contribution in [0.5, 0.6) is 0 Å². The molecule has 0 saturated heterocycles. The molecule has 0 aliphatic carbocycles. The third-order valence-corrected chi connectivity index (χ3v) is 4.31. The maximum Gasteiger partial charge on any atom is 0.146 e. The van der Waals surface area contributed by atoms with E-state index in [-0.39, 0.29) is 5.82 Å². The molecular formula is C8H4FIS2. The van der Waals surface area contributed by atoms with Crippen molar-refractivity contribution in [3.05, 3.63) is 26.9 Å². The van der Waals surface area contributed by atoms with Gasteiger partial charge in [0.05, 0.1) is 3.57 Å². The largest absolute Gasteiger partial charge is 0.205 e. The number of rotatable bonds is 0. The first-order valence-corrected chi connectivity index (χ1v) is 5.65. The topological polar surface area (TPSA) is 0 Å². The first-order chi connectivity index (χ1) is 5.70. The van der Waals surface area contributed by atoms with Gasteiger partial charge in [-0.25, -0.2) is 4.39 Å². The Morgan fingerprint density at radius 1 is 1.50 bits per heavy atom. The lowest BCUT2D eigenvalue weighted by atomic mass is 10.2. The van der Waals surface area contributed by atoms with Gasteiger partial charge in [0.15, 0.2) is 0 Å². The number of benzene rings is 1. The van der Waals surface area contributed by atoms with Crippen molar-refractivity contribution in [3.8, 4) is 0 Å². The molecule has 0 bridgehead atoms. The van der Waals surface area contributed by atoms with E-state index in [0.29, 0.717) is 13.9 Å². The Balaban J connectivity index is 2.94. The zero-order chi connectivity index (χ0) is 8.72. The van der Waals surface area contributed by atoms with Crippen LogP contribution in [0.1, 0.15) is 0 Å². The van der Waals surface area contributed by atoms with Gasteiger partial charge in [0.25, 0.3) is 0 Å². The summed E-state index contributed by atoms with van der Waals surface area (Å²) in [6.07, 6.45) is 0. The molecule has 1 aromatic heterocycles. The zero-order valence-electron chi connectivity index (χ0n) is 5.84. The Morgan fingerprint density at radius 2 is 2.25 bits per heavy atom. The minimum atomic E-state index is -0.153. The number of fused-ring (bicyclic) bond motifs is 1. The van der Waals surface area contributed by atoms with Crippen LogP contribution in [0.3, 0.4) is 0 Å². The second-order valence-electron chi connectivity index (χ2n) is 2.36. The minimum absolute atomic E-state index is 0.153. The summed E-state index contributed by atoms with van der Waals surface area (Å²) in [7, 11) is 0. The Labute approximate surface area is 92.3 Å². The van der Waals surface area contributed by atoms with E-state index in [4.69, 9.17) is 0 Å². The summed E-state index contributed by atoms with van der Waals surface area (Å²) in [4.78, 5) is 0.711. The molecule has 1 heterocycles. The maximum atomic E-state index is 13.4. The summed E-state index contributed by atoms with van der Waals surface area (Å²) >= 11 is 7.68. The molecule has 0 unspecified atom stereocenters. The van der Waals surface area contributed by atoms with Gasteiger partial charge in [-0.1, -0.05) is 0 Å². The van der Waals surface area contributed by atoms with Crippen molar-refractivity contribution >= 4 is 56.6 Å². The summed E-state index contributed by atoms with van der Waals surface area (Å²) in [5.41, 5.74) is 0. The van der Waals surface area contributed by atoms with E-state index in [0.717, 1.165) is 4.70 Å². The molecule has 12 heavy (non-hydrogen) atoms. The molecule has 4 heteroatoms. The van der Waals surface area contributed by atoms with Crippen molar-refractivity contribution in [1.82, 2.24) is 0 Å². The van der Waals surface area contributed by atoms with Crippen LogP contribution in [-0.2, 0) is 0 Å². The quantitative estimate of drug-likeness (QED) is 0.553. The molecule has 62 valence electrons.